The molecule has 4 heterocycles. The molecule has 0 saturated carbocycles. The molecule has 14 heteroatoms. The largest absolute Gasteiger partial charge is 0.471 e. The van der Waals surface area contributed by atoms with Gasteiger partial charge in [-0.2, -0.15) is 28.4 Å². The fourth-order valence-electron chi connectivity index (χ4n) is 3.48. The number of nitrogens with one attached hydrogen (secondary N) is 1. The summed E-state index contributed by atoms with van der Waals surface area (Å²) in [5.41, 5.74) is 1.01. The van der Waals surface area contributed by atoms with Crippen LogP contribution in [0.4, 0.5) is 24.8 Å². The second kappa shape index (κ2) is 8.15. The Morgan fingerprint density at radius 2 is 1.94 bits per heavy atom. The van der Waals surface area contributed by atoms with Crippen LogP contribution >= 0.6 is 23.2 Å². The molecule has 4 rings (SSSR count). The van der Waals surface area contributed by atoms with Gasteiger partial charge in [0, 0.05) is 25.8 Å². The average molecular weight is 477 g/mol. The van der Waals surface area contributed by atoms with E-state index in [4.69, 9.17) is 23.2 Å². The summed E-state index contributed by atoms with van der Waals surface area (Å²) >= 11 is 12.3. The Balaban J connectivity index is 1.48. The number of rotatable bonds is 4. The number of nitrogens with zero attached hydrogens (tertiary/aromatic N) is 7. The van der Waals surface area contributed by atoms with Crippen LogP contribution in [0.25, 0.3) is 11.0 Å². The lowest BCUT2D eigenvalue weighted by atomic mass is 10.1. The van der Waals surface area contributed by atoms with Crippen molar-refractivity contribution in [3.63, 3.8) is 0 Å². The first-order chi connectivity index (χ1) is 14.7. The van der Waals surface area contributed by atoms with E-state index in [0.29, 0.717) is 41.3 Å². The molecular formula is C17H17Cl2F3N8O. The zero-order valence-corrected chi connectivity index (χ0v) is 17.7. The van der Waals surface area contributed by atoms with Gasteiger partial charge in [0.05, 0.1) is 23.3 Å². The SMILES string of the molecule is CCn1nc(Cl)c2cnc(Nc3cn(C4CCN(C(=O)C(F)(F)F)CC4)nc3Cl)nc21. The molecule has 1 aliphatic rings. The van der Waals surface area contributed by atoms with Crippen LogP contribution in [0.2, 0.25) is 10.3 Å². The first kappa shape index (κ1) is 21.6. The minimum absolute atomic E-state index is 0.00913. The molecule has 0 aliphatic carbocycles. The fraction of sp³-hybridized carbons (Fsp3) is 0.471. The predicted molar refractivity (Wildman–Crippen MR) is 107 cm³/mol. The highest BCUT2D eigenvalue weighted by Gasteiger charge is 2.43. The summed E-state index contributed by atoms with van der Waals surface area (Å²) in [4.78, 5) is 20.8. The van der Waals surface area contributed by atoms with Crippen molar-refractivity contribution in [1.82, 2.24) is 34.4 Å². The summed E-state index contributed by atoms with van der Waals surface area (Å²) in [6.45, 7) is 2.47. The first-order valence-electron chi connectivity index (χ1n) is 9.44. The third-order valence-electron chi connectivity index (χ3n) is 5.05. The van der Waals surface area contributed by atoms with Gasteiger partial charge in [-0.15, -0.1) is 0 Å². The molecule has 166 valence electrons. The van der Waals surface area contributed by atoms with Gasteiger partial charge in [0.15, 0.2) is 16.0 Å². The number of carbonyl (C=O) groups excluding carboxylic acids is 1. The molecule has 31 heavy (non-hydrogen) atoms. The van der Waals surface area contributed by atoms with E-state index in [-0.39, 0.29) is 30.2 Å². The maximum absolute atomic E-state index is 12.6. The van der Waals surface area contributed by atoms with Gasteiger partial charge in [-0.05, 0) is 19.8 Å². The lowest BCUT2D eigenvalue weighted by Gasteiger charge is -2.32. The number of hydrogen-bond acceptors (Lipinski definition) is 6. The van der Waals surface area contributed by atoms with Crippen molar-refractivity contribution in [2.45, 2.75) is 38.5 Å². The molecule has 0 bridgehead atoms. The normalized spacial score (nSPS) is 15.6. The summed E-state index contributed by atoms with van der Waals surface area (Å²) in [5.74, 6) is -1.54. The van der Waals surface area contributed by atoms with Crippen molar-refractivity contribution in [2.75, 3.05) is 18.4 Å². The van der Waals surface area contributed by atoms with Crippen LogP contribution in [0.1, 0.15) is 25.8 Å². The highest BCUT2D eigenvalue weighted by Crippen LogP contribution is 2.30. The molecule has 1 saturated heterocycles. The van der Waals surface area contributed by atoms with Gasteiger partial charge in [-0.3, -0.25) is 9.48 Å². The number of amides is 1. The molecule has 1 aliphatic heterocycles. The number of aromatic nitrogens is 6. The number of anilines is 2. The predicted octanol–water partition coefficient (Wildman–Crippen LogP) is 3.82. The highest BCUT2D eigenvalue weighted by atomic mass is 35.5. The van der Waals surface area contributed by atoms with Gasteiger partial charge in [-0.25, -0.2) is 9.67 Å². The van der Waals surface area contributed by atoms with E-state index in [1.54, 1.807) is 21.8 Å². The van der Waals surface area contributed by atoms with Gasteiger partial charge < -0.3 is 10.2 Å². The number of halogens is 5. The van der Waals surface area contributed by atoms with E-state index in [0.717, 1.165) is 4.90 Å². The zero-order chi connectivity index (χ0) is 22.3. The molecule has 1 amide bonds. The van der Waals surface area contributed by atoms with E-state index >= 15 is 0 Å². The molecule has 0 atom stereocenters. The van der Waals surface area contributed by atoms with Crippen molar-refractivity contribution in [2.24, 2.45) is 0 Å². The zero-order valence-electron chi connectivity index (χ0n) is 16.2. The minimum atomic E-state index is -4.86. The molecule has 0 aromatic carbocycles. The van der Waals surface area contributed by atoms with Crippen LogP contribution in [0, 0.1) is 0 Å². The summed E-state index contributed by atoms with van der Waals surface area (Å²) < 4.78 is 41.0. The van der Waals surface area contributed by atoms with Crippen molar-refractivity contribution < 1.29 is 18.0 Å². The Morgan fingerprint density at radius 3 is 2.58 bits per heavy atom. The summed E-state index contributed by atoms with van der Waals surface area (Å²) in [6.07, 6.45) is -1.01. The van der Waals surface area contributed by atoms with Gasteiger partial charge in [0.1, 0.15) is 0 Å². The molecule has 0 radical (unpaired) electrons. The third kappa shape index (κ3) is 4.26. The van der Waals surface area contributed by atoms with E-state index in [1.165, 1.54) is 0 Å². The fourth-order valence-corrected chi connectivity index (χ4v) is 3.88. The number of aryl methyl sites for hydroxylation is 1. The molecule has 0 unspecified atom stereocenters. The first-order valence-corrected chi connectivity index (χ1v) is 10.2. The van der Waals surface area contributed by atoms with Gasteiger partial charge in [-0.1, -0.05) is 23.2 Å². The molecule has 3 aromatic rings. The highest BCUT2D eigenvalue weighted by molar-refractivity contribution is 6.34. The van der Waals surface area contributed by atoms with E-state index in [1.807, 2.05) is 6.92 Å². The average Bonchev–Trinajstić information content (AvgIpc) is 3.26. The molecule has 1 fully saturated rings. The maximum atomic E-state index is 12.6. The Labute approximate surface area is 184 Å². The van der Waals surface area contributed by atoms with E-state index in [2.05, 4.69) is 25.5 Å². The quantitative estimate of drug-likeness (QED) is 0.614. The van der Waals surface area contributed by atoms with Gasteiger partial charge >= 0.3 is 12.1 Å². The second-order valence-corrected chi connectivity index (χ2v) is 7.71. The van der Waals surface area contributed by atoms with Crippen LogP contribution in [-0.4, -0.2) is 59.6 Å². The van der Waals surface area contributed by atoms with Crippen molar-refractivity contribution in [3.8, 4) is 0 Å². The van der Waals surface area contributed by atoms with E-state index in [9.17, 15) is 18.0 Å². The second-order valence-electron chi connectivity index (χ2n) is 7.00. The maximum Gasteiger partial charge on any atom is 0.471 e. The number of fused-ring (bicyclic) bond motifs is 1. The minimum Gasteiger partial charge on any atom is -0.335 e. The van der Waals surface area contributed by atoms with E-state index < -0.39 is 12.1 Å². The van der Waals surface area contributed by atoms with Crippen molar-refractivity contribution >= 4 is 51.8 Å². The Kier molecular flexibility index (Phi) is 5.69. The number of alkyl halides is 3. The lowest BCUT2D eigenvalue weighted by molar-refractivity contribution is -0.186. The van der Waals surface area contributed by atoms with Crippen LogP contribution in [0.15, 0.2) is 12.4 Å². The molecule has 1 N–H and O–H groups in total. The monoisotopic (exact) mass is 476 g/mol. The molecule has 9 nitrogen and oxygen atoms in total. The molecule has 3 aromatic heterocycles. The Hall–Kier alpha value is -2.60. The smallest absolute Gasteiger partial charge is 0.335 e. The van der Waals surface area contributed by atoms with Gasteiger partial charge in [0.2, 0.25) is 5.95 Å². The molecule has 0 spiro atoms. The summed E-state index contributed by atoms with van der Waals surface area (Å²) in [7, 11) is 0. The van der Waals surface area contributed by atoms with Crippen LogP contribution in [0.5, 0.6) is 0 Å². The third-order valence-corrected chi connectivity index (χ3v) is 5.60. The Morgan fingerprint density at radius 1 is 1.23 bits per heavy atom. The number of hydrogen-bond donors (Lipinski definition) is 1. The van der Waals surface area contributed by atoms with Crippen molar-refractivity contribution in [1.29, 1.82) is 0 Å². The van der Waals surface area contributed by atoms with Crippen molar-refractivity contribution in [3.05, 3.63) is 22.7 Å². The van der Waals surface area contributed by atoms with Gasteiger partial charge in [0.25, 0.3) is 0 Å². The topological polar surface area (TPSA) is 93.8 Å². The van der Waals surface area contributed by atoms with Crippen LogP contribution in [0.3, 0.4) is 0 Å². The lowest BCUT2D eigenvalue weighted by Crippen LogP contribution is -2.45. The van der Waals surface area contributed by atoms with Crippen LogP contribution in [-0.2, 0) is 11.3 Å². The number of piperidine rings is 1. The standard InChI is InChI=1S/C17H17Cl2F3N8O/c1-2-29-14-10(12(18)26-29)7-23-16(25-14)24-11-8-30(27-13(11)19)9-3-5-28(6-4-9)15(31)17(20,21)22/h7-9H,2-6H2,1H3,(H,23,24,25). The molecular weight excluding hydrogens is 460 g/mol. The number of likely N-dealkylation sites (tertiary alicyclic amines) is 1. The number of carbonyl (C=O) groups is 1. The van der Waals surface area contributed by atoms with Crippen LogP contribution < -0.4 is 5.32 Å². The summed E-state index contributed by atoms with van der Waals surface area (Å²) in [5, 5.41) is 12.5. The Bertz CT molecular complexity index is 1120. The summed E-state index contributed by atoms with van der Waals surface area (Å²) in [6, 6.07) is -0.186.